The summed E-state index contributed by atoms with van der Waals surface area (Å²) in [6.07, 6.45) is -0.0776. The summed E-state index contributed by atoms with van der Waals surface area (Å²) >= 11 is 1.02. The van der Waals surface area contributed by atoms with Crippen LogP contribution in [0.25, 0.3) is 0 Å². The first-order chi connectivity index (χ1) is 10.0. The van der Waals surface area contributed by atoms with Crippen molar-refractivity contribution in [1.82, 2.24) is 4.90 Å². The maximum atomic E-state index is 11.8. The number of carbonyl (C=O) groups excluding carboxylic acids is 2. The number of benzene rings is 1. The highest BCUT2D eigenvalue weighted by Gasteiger charge is 2.30. The lowest BCUT2D eigenvalue weighted by Crippen LogP contribution is -2.45. The van der Waals surface area contributed by atoms with Gasteiger partial charge in [-0.1, -0.05) is 11.8 Å². The molecule has 1 aliphatic heterocycles. The summed E-state index contributed by atoms with van der Waals surface area (Å²) in [4.78, 5) is 28.4. The van der Waals surface area contributed by atoms with Crippen molar-refractivity contribution in [3.63, 3.8) is 0 Å². The van der Waals surface area contributed by atoms with Crippen molar-refractivity contribution in [2.45, 2.75) is 18.6 Å². The lowest BCUT2D eigenvalue weighted by Gasteiger charge is -2.29. The zero-order valence-corrected chi connectivity index (χ0v) is 12.6. The van der Waals surface area contributed by atoms with Gasteiger partial charge in [0.1, 0.15) is 5.75 Å². The van der Waals surface area contributed by atoms with Gasteiger partial charge in [0.05, 0.1) is 23.5 Å². The summed E-state index contributed by atoms with van der Waals surface area (Å²) in [5, 5.41) is 10.4. The Labute approximate surface area is 126 Å². The lowest BCUT2D eigenvalue weighted by atomic mass is 10.3. The van der Waals surface area contributed by atoms with E-state index in [1.54, 1.807) is 31.3 Å². The van der Waals surface area contributed by atoms with Crippen LogP contribution in [-0.2, 0) is 9.59 Å². The molecule has 0 radical (unpaired) electrons. The Kier molecular flexibility index (Phi) is 4.85. The Morgan fingerprint density at radius 3 is 2.71 bits per heavy atom. The summed E-state index contributed by atoms with van der Waals surface area (Å²) in [5.74, 6) is -0.803. The van der Waals surface area contributed by atoms with E-state index in [9.17, 15) is 14.7 Å². The molecule has 1 aliphatic rings. The van der Waals surface area contributed by atoms with Crippen LogP contribution in [0.15, 0.2) is 29.3 Å². The molecule has 6 nitrogen and oxygen atoms in total. The van der Waals surface area contributed by atoms with E-state index < -0.39 is 11.2 Å². The number of thioether (sulfide) groups is 1. The molecule has 0 aromatic heterocycles. The number of amidine groups is 1. The number of amides is 1. The Hall–Kier alpha value is -2.02. The van der Waals surface area contributed by atoms with E-state index in [1.165, 1.54) is 4.90 Å². The zero-order chi connectivity index (χ0) is 15.4. The molecule has 0 N–H and O–H groups in total. The van der Waals surface area contributed by atoms with Crippen LogP contribution in [-0.4, -0.2) is 40.8 Å². The van der Waals surface area contributed by atoms with Gasteiger partial charge < -0.3 is 14.6 Å². The van der Waals surface area contributed by atoms with E-state index in [0.29, 0.717) is 17.5 Å². The van der Waals surface area contributed by atoms with Gasteiger partial charge in [-0.15, -0.1) is 0 Å². The van der Waals surface area contributed by atoms with Crippen LogP contribution in [0.1, 0.15) is 13.3 Å². The number of hydrogen-bond acceptors (Lipinski definition) is 6. The van der Waals surface area contributed by atoms with Gasteiger partial charge in [0.15, 0.2) is 5.17 Å². The topological polar surface area (TPSA) is 82.0 Å². The van der Waals surface area contributed by atoms with Crippen molar-refractivity contribution in [3.05, 3.63) is 24.3 Å². The number of carbonyl (C=O) groups is 2. The summed E-state index contributed by atoms with van der Waals surface area (Å²) in [5.41, 5.74) is 0.625. The zero-order valence-electron chi connectivity index (χ0n) is 11.7. The number of ether oxygens (including phenoxy) is 1. The minimum absolute atomic E-state index is 0.0776. The van der Waals surface area contributed by atoms with Crippen LogP contribution in [0.2, 0.25) is 0 Å². The molecule has 0 saturated carbocycles. The number of carboxylic acid groups (broad SMARTS) is 1. The van der Waals surface area contributed by atoms with Crippen LogP contribution in [0.4, 0.5) is 5.69 Å². The second-order valence-electron chi connectivity index (χ2n) is 4.40. The molecule has 0 bridgehead atoms. The van der Waals surface area contributed by atoms with Gasteiger partial charge in [-0.05, 0) is 31.2 Å². The molecule has 1 fully saturated rings. The van der Waals surface area contributed by atoms with Crippen molar-refractivity contribution in [3.8, 4) is 5.75 Å². The van der Waals surface area contributed by atoms with E-state index in [4.69, 9.17) is 4.74 Å². The molecule has 1 aromatic rings. The normalized spacial score (nSPS) is 20.7. The molecule has 1 saturated heterocycles. The fraction of sp³-hybridized carbons (Fsp3) is 0.357. The van der Waals surface area contributed by atoms with E-state index >= 15 is 0 Å². The first kappa shape index (κ1) is 15.4. The van der Waals surface area contributed by atoms with Gasteiger partial charge in [-0.3, -0.25) is 9.69 Å². The number of aliphatic imine (C=N–C) groups is 1. The maximum absolute atomic E-state index is 11.8. The molecule has 1 amide bonds. The van der Waals surface area contributed by atoms with Gasteiger partial charge in [0, 0.05) is 13.5 Å². The first-order valence-corrected chi connectivity index (χ1v) is 7.35. The van der Waals surface area contributed by atoms with Crippen molar-refractivity contribution < 1.29 is 19.4 Å². The number of carboxylic acids is 1. The molecule has 21 heavy (non-hydrogen) atoms. The predicted molar refractivity (Wildman–Crippen MR) is 78.5 cm³/mol. The molecular weight excluding hydrogens is 292 g/mol. The third-order valence-corrected chi connectivity index (χ3v) is 4.12. The molecule has 1 atom stereocenters. The largest absolute Gasteiger partial charge is 0.549 e. The van der Waals surface area contributed by atoms with Gasteiger partial charge in [0.25, 0.3) is 0 Å². The summed E-state index contributed by atoms with van der Waals surface area (Å²) < 4.78 is 5.33. The van der Waals surface area contributed by atoms with Gasteiger partial charge >= 0.3 is 0 Å². The fourth-order valence-corrected chi connectivity index (χ4v) is 2.77. The summed E-state index contributed by atoms with van der Waals surface area (Å²) in [7, 11) is 1.58. The van der Waals surface area contributed by atoms with Crippen molar-refractivity contribution >= 4 is 34.5 Å². The average molecular weight is 307 g/mol. The molecule has 1 aromatic carbocycles. The molecule has 1 heterocycles. The number of aliphatic carboxylic acids is 1. The number of hydrogen-bond donors (Lipinski definition) is 0. The van der Waals surface area contributed by atoms with Crippen LogP contribution in [0, 0.1) is 0 Å². The maximum Gasteiger partial charge on any atom is 0.229 e. The second-order valence-corrected chi connectivity index (χ2v) is 5.57. The smallest absolute Gasteiger partial charge is 0.229 e. The van der Waals surface area contributed by atoms with Gasteiger partial charge in [-0.25, -0.2) is 4.99 Å². The highest BCUT2D eigenvalue weighted by atomic mass is 32.2. The minimum atomic E-state index is -1.25. The average Bonchev–Trinajstić information content (AvgIpc) is 2.45. The highest BCUT2D eigenvalue weighted by Crippen LogP contribution is 2.28. The van der Waals surface area contributed by atoms with Crippen molar-refractivity contribution in [2.75, 3.05) is 13.7 Å². The number of rotatable bonds is 4. The fourth-order valence-electron chi connectivity index (χ4n) is 1.78. The standard InChI is InChI=1S/C14H16N2O4S/c1-3-20-10-6-4-9(5-7-10)15-14-16(2)12(17)8-11(21-14)13(18)19/h4-7,11H,3,8H2,1-2H3,(H,18,19)/p-1. The summed E-state index contributed by atoms with van der Waals surface area (Å²) in [6, 6.07) is 7.04. The van der Waals surface area contributed by atoms with Crippen molar-refractivity contribution in [1.29, 1.82) is 0 Å². The van der Waals surface area contributed by atoms with Crippen LogP contribution in [0.5, 0.6) is 5.75 Å². The lowest BCUT2D eigenvalue weighted by molar-refractivity contribution is -0.304. The Balaban J connectivity index is 2.20. The SMILES string of the molecule is CCOc1ccc(N=C2SC(C(=O)[O-])CC(=O)N2C)cc1. The Bertz CT molecular complexity index is 571. The predicted octanol–water partition coefficient (Wildman–Crippen LogP) is 0.787. The minimum Gasteiger partial charge on any atom is -0.549 e. The summed E-state index contributed by atoms with van der Waals surface area (Å²) in [6.45, 7) is 2.47. The van der Waals surface area contributed by atoms with Gasteiger partial charge in [-0.2, -0.15) is 0 Å². The van der Waals surface area contributed by atoms with Crippen LogP contribution < -0.4 is 9.84 Å². The quantitative estimate of drug-likeness (QED) is 0.821. The van der Waals surface area contributed by atoms with Crippen molar-refractivity contribution in [2.24, 2.45) is 4.99 Å². The third kappa shape index (κ3) is 3.75. The Morgan fingerprint density at radius 1 is 1.48 bits per heavy atom. The molecule has 112 valence electrons. The van der Waals surface area contributed by atoms with E-state index in [0.717, 1.165) is 17.5 Å². The molecule has 7 heteroatoms. The first-order valence-electron chi connectivity index (χ1n) is 6.47. The molecule has 0 spiro atoms. The molecular formula is C14H15N2O4S-. The number of nitrogens with zero attached hydrogens (tertiary/aromatic N) is 2. The highest BCUT2D eigenvalue weighted by molar-refractivity contribution is 8.15. The van der Waals surface area contributed by atoms with E-state index in [1.807, 2.05) is 6.92 Å². The molecule has 2 rings (SSSR count). The molecule has 0 aliphatic carbocycles. The van der Waals surface area contributed by atoms with Crippen LogP contribution in [0.3, 0.4) is 0 Å². The second kappa shape index (κ2) is 6.62. The van der Waals surface area contributed by atoms with Crippen LogP contribution >= 0.6 is 11.8 Å². The third-order valence-electron chi connectivity index (χ3n) is 2.90. The van der Waals surface area contributed by atoms with E-state index in [-0.39, 0.29) is 12.3 Å². The van der Waals surface area contributed by atoms with E-state index in [2.05, 4.69) is 4.99 Å². The Morgan fingerprint density at radius 2 is 2.14 bits per heavy atom. The molecule has 1 unspecified atom stereocenters. The van der Waals surface area contributed by atoms with Gasteiger partial charge in [0.2, 0.25) is 5.91 Å². The monoisotopic (exact) mass is 307 g/mol.